The van der Waals surface area contributed by atoms with Crippen molar-refractivity contribution >= 4 is 17.2 Å². The van der Waals surface area contributed by atoms with Gasteiger partial charge in [0.2, 0.25) is 5.78 Å². The highest BCUT2D eigenvalue weighted by Gasteiger charge is 2.24. The largest absolute Gasteiger partial charge is 0.378 e. The fourth-order valence-electron chi connectivity index (χ4n) is 1.46. The highest BCUT2D eigenvalue weighted by Crippen LogP contribution is 2.16. The van der Waals surface area contributed by atoms with Crippen molar-refractivity contribution in [3.05, 3.63) is 30.3 Å². The molecule has 0 spiro atoms. The zero-order valence-corrected chi connectivity index (χ0v) is 8.51. The fourth-order valence-corrected chi connectivity index (χ4v) is 1.46. The fraction of sp³-hybridized carbons (Fsp3) is 0.273. The highest BCUT2D eigenvalue weighted by atomic mass is 16.5. The Morgan fingerprint density at radius 3 is 2.80 bits per heavy atom. The minimum atomic E-state index is 0.0284. The van der Waals surface area contributed by atoms with Crippen LogP contribution in [0.4, 0.5) is 5.69 Å². The molecule has 4 heteroatoms. The van der Waals surface area contributed by atoms with E-state index >= 15 is 0 Å². The molecule has 4 nitrogen and oxygen atoms in total. The lowest BCUT2D eigenvalue weighted by molar-refractivity contribution is -0.111. The average molecular weight is 204 g/mol. The van der Waals surface area contributed by atoms with Gasteiger partial charge in [0.15, 0.2) is 0 Å². The third kappa shape index (κ3) is 2.05. The Balaban J connectivity index is 2.18. The first-order valence-electron chi connectivity index (χ1n) is 4.73. The van der Waals surface area contributed by atoms with E-state index in [2.05, 4.69) is 5.10 Å². The van der Waals surface area contributed by atoms with Crippen LogP contribution in [0.3, 0.4) is 0 Å². The third-order valence-corrected chi connectivity index (χ3v) is 2.19. The molecule has 0 fully saturated rings. The van der Waals surface area contributed by atoms with Gasteiger partial charge in [-0.05, 0) is 12.1 Å². The molecule has 1 aromatic rings. The Kier molecular flexibility index (Phi) is 2.78. The number of benzene rings is 1. The van der Waals surface area contributed by atoms with E-state index in [1.165, 1.54) is 0 Å². The van der Waals surface area contributed by atoms with Crippen LogP contribution < -0.4 is 5.01 Å². The summed E-state index contributed by atoms with van der Waals surface area (Å²) in [5, 5.41) is 5.90. The van der Waals surface area contributed by atoms with Crippen LogP contribution in [-0.2, 0) is 9.53 Å². The Morgan fingerprint density at radius 2 is 2.13 bits per heavy atom. The van der Waals surface area contributed by atoms with Gasteiger partial charge in [-0.1, -0.05) is 18.2 Å². The summed E-state index contributed by atoms with van der Waals surface area (Å²) < 4.78 is 4.90. The number of carbonyl (C=O) groups excluding carboxylic acids is 1. The van der Waals surface area contributed by atoms with Gasteiger partial charge in [-0.25, -0.2) is 0 Å². The van der Waals surface area contributed by atoms with Crippen molar-refractivity contribution in [1.29, 1.82) is 0 Å². The van der Waals surface area contributed by atoms with Crippen LogP contribution in [0.15, 0.2) is 35.4 Å². The van der Waals surface area contributed by atoms with Gasteiger partial charge >= 0.3 is 0 Å². The lowest BCUT2D eigenvalue weighted by Crippen LogP contribution is -2.20. The van der Waals surface area contributed by atoms with Crippen LogP contribution in [0.5, 0.6) is 0 Å². The maximum absolute atomic E-state index is 11.5. The summed E-state index contributed by atoms with van der Waals surface area (Å²) in [4.78, 5) is 11.5. The first-order chi connectivity index (χ1) is 7.31. The molecule has 0 bridgehead atoms. The van der Waals surface area contributed by atoms with E-state index in [0.29, 0.717) is 12.3 Å². The Bertz CT molecular complexity index is 387. The lowest BCUT2D eigenvalue weighted by Gasteiger charge is -2.11. The van der Waals surface area contributed by atoms with E-state index in [1.807, 2.05) is 30.3 Å². The quantitative estimate of drug-likeness (QED) is 0.739. The van der Waals surface area contributed by atoms with Gasteiger partial charge < -0.3 is 4.74 Å². The van der Waals surface area contributed by atoms with Gasteiger partial charge in [-0.2, -0.15) is 5.10 Å². The number of nitrogens with zero attached hydrogens (tertiary/aromatic N) is 2. The van der Waals surface area contributed by atoms with Crippen molar-refractivity contribution in [3.8, 4) is 0 Å². The first kappa shape index (κ1) is 9.86. The molecule has 2 rings (SSSR count). The predicted octanol–water partition coefficient (Wildman–Crippen LogP) is 1.08. The standard InChI is InChI=1S/C11H12N2O2/c1-15-8-10-11(14)7-13(12-10)9-5-3-2-4-6-9/h2-6H,7-8H2,1H3. The average Bonchev–Trinajstić information content (AvgIpc) is 2.63. The SMILES string of the molecule is COCC1=NN(c2ccccc2)CC1=O. The van der Waals surface area contributed by atoms with Crippen molar-refractivity contribution in [2.24, 2.45) is 5.10 Å². The van der Waals surface area contributed by atoms with Crippen LogP contribution in [0.2, 0.25) is 0 Å². The number of hydrogen-bond donors (Lipinski definition) is 0. The molecule has 15 heavy (non-hydrogen) atoms. The molecule has 0 N–H and O–H groups in total. The van der Waals surface area contributed by atoms with Crippen molar-refractivity contribution in [2.45, 2.75) is 0 Å². The van der Waals surface area contributed by atoms with Crippen molar-refractivity contribution in [1.82, 2.24) is 0 Å². The molecule has 0 amide bonds. The molecule has 0 aliphatic carbocycles. The van der Waals surface area contributed by atoms with E-state index in [0.717, 1.165) is 5.69 Å². The summed E-state index contributed by atoms with van der Waals surface area (Å²) >= 11 is 0. The monoisotopic (exact) mass is 204 g/mol. The number of anilines is 1. The smallest absolute Gasteiger partial charge is 0.202 e. The zero-order chi connectivity index (χ0) is 10.7. The van der Waals surface area contributed by atoms with E-state index in [1.54, 1.807) is 12.1 Å². The maximum Gasteiger partial charge on any atom is 0.202 e. The highest BCUT2D eigenvalue weighted by molar-refractivity contribution is 6.43. The summed E-state index contributed by atoms with van der Waals surface area (Å²) in [7, 11) is 1.56. The normalized spacial score (nSPS) is 15.7. The summed E-state index contributed by atoms with van der Waals surface area (Å²) in [6.07, 6.45) is 0. The number of para-hydroxylation sites is 1. The van der Waals surface area contributed by atoms with E-state index in [4.69, 9.17) is 4.74 Å². The molecular weight excluding hydrogens is 192 g/mol. The van der Waals surface area contributed by atoms with Crippen molar-refractivity contribution < 1.29 is 9.53 Å². The molecule has 1 heterocycles. The summed E-state index contributed by atoms with van der Waals surface area (Å²) in [5.74, 6) is 0.0284. The number of carbonyl (C=O) groups is 1. The summed E-state index contributed by atoms with van der Waals surface area (Å²) in [6.45, 7) is 0.588. The van der Waals surface area contributed by atoms with E-state index in [9.17, 15) is 4.79 Å². The molecule has 0 aromatic heterocycles. The number of ketones is 1. The number of ether oxygens (including phenoxy) is 1. The molecule has 1 aliphatic heterocycles. The second-order valence-electron chi connectivity index (χ2n) is 3.30. The third-order valence-electron chi connectivity index (χ3n) is 2.19. The van der Waals surface area contributed by atoms with Crippen LogP contribution in [0.25, 0.3) is 0 Å². The summed E-state index contributed by atoms with van der Waals surface area (Å²) in [5.41, 5.74) is 1.42. The van der Waals surface area contributed by atoms with Gasteiger partial charge in [0.1, 0.15) is 12.3 Å². The number of hydrogen-bond acceptors (Lipinski definition) is 4. The Morgan fingerprint density at radius 1 is 1.40 bits per heavy atom. The first-order valence-corrected chi connectivity index (χ1v) is 4.73. The summed E-state index contributed by atoms with van der Waals surface area (Å²) in [6, 6.07) is 9.62. The molecule has 1 aromatic carbocycles. The minimum Gasteiger partial charge on any atom is -0.378 e. The van der Waals surface area contributed by atoms with Gasteiger partial charge in [0, 0.05) is 7.11 Å². The van der Waals surface area contributed by atoms with E-state index < -0.39 is 0 Å². The predicted molar refractivity (Wildman–Crippen MR) is 58.1 cm³/mol. The number of hydrazone groups is 1. The molecule has 0 radical (unpaired) electrons. The maximum atomic E-state index is 11.5. The number of methoxy groups -OCH3 is 1. The number of rotatable bonds is 3. The minimum absolute atomic E-state index is 0.0284. The van der Waals surface area contributed by atoms with Crippen LogP contribution >= 0.6 is 0 Å². The Labute approximate surface area is 88.2 Å². The molecule has 78 valence electrons. The van der Waals surface area contributed by atoms with Crippen molar-refractivity contribution in [3.63, 3.8) is 0 Å². The topological polar surface area (TPSA) is 41.9 Å². The molecule has 0 saturated carbocycles. The van der Waals surface area contributed by atoms with Crippen LogP contribution in [0.1, 0.15) is 0 Å². The molecule has 0 saturated heterocycles. The van der Waals surface area contributed by atoms with Crippen molar-refractivity contribution in [2.75, 3.05) is 25.3 Å². The lowest BCUT2D eigenvalue weighted by atomic mass is 10.2. The van der Waals surface area contributed by atoms with Gasteiger partial charge in [0.05, 0.1) is 12.3 Å². The van der Waals surface area contributed by atoms with Crippen LogP contribution in [0, 0.1) is 0 Å². The Hall–Kier alpha value is -1.68. The second kappa shape index (κ2) is 4.23. The molecular formula is C11H12N2O2. The molecule has 0 atom stereocenters. The number of Topliss-reactive ketones (excluding diaryl/α,β-unsaturated/α-hetero) is 1. The van der Waals surface area contributed by atoms with Crippen LogP contribution in [-0.4, -0.2) is 31.8 Å². The van der Waals surface area contributed by atoms with Gasteiger partial charge in [-0.3, -0.25) is 9.80 Å². The van der Waals surface area contributed by atoms with E-state index in [-0.39, 0.29) is 12.4 Å². The molecule has 0 unspecified atom stereocenters. The second-order valence-corrected chi connectivity index (χ2v) is 3.30. The van der Waals surface area contributed by atoms with Gasteiger partial charge in [-0.15, -0.1) is 0 Å². The zero-order valence-electron chi connectivity index (χ0n) is 8.51. The van der Waals surface area contributed by atoms with Gasteiger partial charge in [0.25, 0.3) is 0 Å². The molecule has 1 aliphatic rings.